The van der Waals surface area contributed by atoms with E-state index in [0.717, 1.165) is 28.4 Å². The van der Waals surface area contributed by atoms with Crippen molar-refractivity contribution in [1.29, 1.82) is 0 Å². The Hall–Kier alpha value is -3.35. The molecule has 0 bridgehead atoms. The summed E-state index contributed by atoms with van der Waals surface area (Å²) in [5, 5.41) is 3.01. The van der Waals surface area contributed by atoms with Crippen LogP contribution in [0.25, 0.3) is 5.82 Å². The molecule has 1 amide bonds. The minimum atomic E-state index is -0.238. The monoisotopic (exact) mass is 364 g/mol. The second kappa shape index (κ2) is 7.49. The number of rotatable bonds is 5. The predicted molar refractivity (Wildman–Crippen MR) is 98.9 cm³/mol. The summed E-state index contributed by atoms with van der Waals surface area (Å²) >= 11 is 0. The van der Waals surface area contributed by atoms with Crippen LogP contribution < -0.4 is 14.8 Å². The Labute approximate surface area is 157 Å². The Balaban J connectivity index is 1.43. The fourth-order valence-electron chi connectivity index (χ4n) is 3.18. The molecule has 1 aliphatic rings. The summed E-state index contributed by atoms with van der Waals surface area (Å²) in [5.41, 5.74) is 1.91. The molecule has 1 aromatic carbocycles. The van der Waals surface area contributed by atoms with E-state index >= 15 is 0 Å². The second-order valence-electron chi connectivity index (χ2n) is 6.36. The third kappa shape index (κ3) is 3.62. The number of hydrogen-bond acceptors (Lipinski definition) is 5. The molecule has 138 valence electrons. The molecule has 1 N–H and O–H groups in total. The number of methoxy groups -OCH3 is 1. The van der Waals surface area contributed by atoms with Gasteiger partial charge in [0, 0.05) is 30.7 Å². The number of nitrogens with zero attached hydrogens (tertiary/aromatic N) is 3. The number of carbonyl (C=O) groups excluding carboxylic acids is 1. The van der Waals surface area contributed by atoms with E-state index in [2.05, 4.69) is 15.3 Å². The first kappa shape index (κ1) is 17.1. The highest BCUT2D eigenvalue weighted by Crippen LogP contribution is 2.30. The van der Waals surface area contributed by atoms with Gasteiger partial charge in [0.25, 0.3) is 0 Å². The fourth-order valence-corrected chi connectivity index (χ4v) is 3.18. The highest BCUT2D eigenvalue weighted by molar-refractivity contribution is 5.79. The van der Waals surface area contributed by atoms with Crippen molar-refractivity contribution in [3.63, 3.8) is 0 Å². The number of nitrogens with one attached hydrogen (secondary N) is 1. The lowest BCUT2D eigenvalue weighted by atomic mass is 9.95. The van der Waals surface area contributed by atoms with Crippen molar-refractivity contribution in [2.24, 2.45) is 5.92 Å². The smallest absolute Gasteiger partial charge is 0.227 e. The van der Waals surface area contributed by atoms with E-state index in [9.17, 15) is 4.79 Å². The molecule has 3 aromatic rings. The van der Waals surface area contributed by atoms with E-state index in [1.165, 1.54) is 0 Å². The van der Waals surface area contributed by atoms with Gasteiger partial charge in [-0.25, -0.2) is 9.97 Å². The molecular weight excluding hydrogens is 344 g/mol. The van der Waals surface area contributed by atoms with Crippen molar-refractivity contribution in [2.45, 2.75) is 13.0 Å². The number of carbonyl (C=O) groups is 1. The largest absolute Gasteiger partial charge is 0.497 e. The molecule has 0 aliphatic carbocycles. The number of aromatic nitrogens is 3. The number of pyridine rings is 1. The van der Waals surface area contributed by atoms with Gasteiger partial charge in [0.15, 0.2) is 0 Å². The van der Waals surface area contributed by atoms with E-state index in [4.69, 9.17) is 9.47 Å². The van der Waals surface area contributed by atoms with E-state index in [1.54, 1.807) is 25.8 Å². The van der Waals surface area contributed by atoms with Crippen molar-refractivity contribution in [1.82, 2.24) is 19.9 Å². The van der Waals surface area contributed by atoms with Gasteiger partial charge >= 0.3 is 0 Å². The van der Waals surface area contributed by atoms with Gasteiger partial charge in [0.05, 0.1) is 13.0 Å². The Morgan fingerprint density at radius 2 is 2.30 bits per heavy atom. The molecule has 0 saturated carbocycles. The zero-order valence-corrected chi connectivity index (χ0v) is 15.0. The van der Waals surface area contributed by atoms with Crippen molar-refractivity contribution < 1.29 is 14.3 Å². The van der Waals surface area contributed by atoms with Crippen LogP contribution in [0.5, 0.6) is 11.5 Å². The number of ether oxygens (including phenoxy) is 2. The van der Waals surface area contributed by atoms with Crippen molar-refractivity contribution in [3.05, 3.63) is 66.4 Å². The number of fused-ring (bicyclic) bond motifs is 1. The Morgan fingerprint density at radius 1 is 1.37 bits per heavy atom. The molecule has 3 heterocycles. The van der Waals surface area contributed by atoms with Crippen molar-refractivity contribution in [3.8, 4) is 17.3 Å². The maximum Gasteiger partial charge on any atom is 0.227 e. The summed E-state index contributed by atoms with van der Waals surface area (Å²) in [6.07, 6.45) is 7.56. The Bertz CT molecular complexity index is 940. The predicted octanol–water partition coefficient (Wildman–Crippen LogP) is 2.14. The molecule has 2 aromatic heterocycles. The van der Waals surface area contributed by atoms with Gasteiger partial charge in [-0.2, -0.15) is 0 Å². The standard InChI is InChI=1S/C20H20N4O3/c1-26-17-4-5-18-15(10-17)9-16(12-27-18)20(25)23-11-14-3-2-6-22-19(14)24-8-7-21-13-24/h2-8,10,13,16H,9,11-12H2,1H3,(H,23,25). The molecule has 7 heteroatoms. The van der Waals surface area contributed by atoms with Crippen molar-refractivity contribution >= 4 is 5.91 Å². The van der Waals surface area contributed by atoms with E-state index in [0.29, 0.717) is 19.6 Å². The Kier molecular flexibility index (Phi) is 4.74. The minimum Gasteiger partial charge on any atom is -0.497 e. The number of amides is 1. The molecule has 1 aliphatic heterocycles. The molecular formula is C20H20N4O3. The van der Waals surface area contributed by atoms with Crippen LogP contribution in [-0.2, 0) is 17.8 Å². The average molecular weight is 364 g/mol. The van der Waals surface area contributed by atoms with Gasteiger partial charge < -0.3 is 14.8 Å². The first-order valence-corrected chi connectivity index (χ1v) is 8.74. The highest BCUT2D eigenvalue weighted by Gasteiger charge is 2.26. The van der Waals surface area contributed by atoms with Gasteiger partial charge in [-0.3, -0.25) is 9.36 Å². The third-order valence-electron chi connectivity index (χ3n) is 4.61. The summed E-state index contributed by atoms with van der Waals surface area (Å²) in [6, 6.07) is 9.47. The minimum absolute atomic E-state index is 0.0381. The lowest BCUT2D eigenvalue weighted by Gasteiger charge is -2.25. The summed E-state index contributed by atoms with van der Waals surface area (Å²) in [4.78, 5) is 21.1. The van der Waals surface area contributed by atoms with E-state index < -0.39 is 0 Å². The summed E-state index contributed by atoms with van der Waals surface area (Å²) < 4.78 is 12.8. The lowest BCUT2D eigenvalue weighted by Crippen LogP contribution is -2.37. The van der Waals surface area contributed by atoms with Crippen LogP contribution in [0.15, 0.2) is 55.2 Å². The first-order chi connectivity index (χ1) is 13.2. The maximum absolute atomic E-state index is 12.7. The number of benzene rings is 1. The summed E-state index contributed by atoms with van der Waals surface area (Å²) in [6.45, 7) is 0.758. The SMILES string of the molecule is COc1ccc2c(c1)CC(C(=O)NCc1cccnc1-n1ccnc1)CO2. The van der Waals surface area contributed by atoms with Gasteiger partial charge in [0.2, 0.25) is 5.91 Å². The fraction of sp³-hybridized carbons (Fsp3) is 0.250. The zero-order chi connectivity index (χ0) is 18.6. The molecule has 0 fully saturated rings. The first-order valence-electron chi connectivity index (χ1n) is 8.74. The molecule has 0 spiro atoms. The van der Waals surface area contributed by atoms with Crippen LogP contribution in [0.4, 0.5) is 0 Å². The van der Waals surface area contributed by atoms with E-state index in [1.807, 2.05) is 41.1 Å². The molecule has 27 heavy (non-hydrogen) atoms. The van der Waals surface area contributed by atoms with Crippen LogP contribution >= 0.6 is 0 Å². The molecule has 1 atom stereocenters. The highest BCUT2D eigenvalue weighted by atomic mass is 16.5. The zero-order valence-electron chi connectivity index (χ0n) is 15.0. The average Bonchev–Trinajstić information content (AvgIpc) is 3.26. The van der Waals surface area contributed by atoms with Gasteiger partial charge in [-0.1, -0.05) is 6.07 Å². The normalized spacial score (nSPS) is 15.5. The quantitative estimate of drug-likeness (QED) is 0.750. The molecule has 7 nitrogen and oxygen atoms in total. The number of imidazole rings is 1. The third-order valence-corrected chi connectivity index (χ3v) is 4.61. The van der Waals surface area contributed by atoms with E-state index in [-0.39, 0.29) is 11.8 Å². The van der Waals surface area contributed by atoms with Gasteiger partial charge in [0.1, 0.15) is 30.3 Å². The number of hydrogen-bond donors (Lipinski definition) is 1. The molecule has 4 rings (SSSR count). The molecule has 0 radical (unpaired) electrons. The van der Waals surface area contributed by atoms with Gasteiger partial charge in [-0.05, 0) is 36.2 Å². The van der Waals surface area contributed by atoms with Crippen LogP contribution in [0.3, 0.4) is 0 Å². The summed E-state index contributed by atoms with van der Waals surface area (Å²) in [7, 11) is 1.63. The Morgan fingerprint density at radius 3 is 3.11 bits per heavy atom. The second-order valence-corrected chi connectivity index (χ2v) is 6.36. The van der Waals surface area contributed by atoms with Crippen LogP contribution in [0.2, 0.25) is 0 Å². The lowest BCUT2D eigenvalue weighted by molar-refractivity contribution is -0.126. The van der Waals surface area contributed by atoms with Crippen molar-refractivity contribution in [2.75, 3.05) is 13.7 Å². The summed E-state index contributed by atoms with van der Waals surface area (Å²) in [5.74, 6) is 2.06. The molecule has 1 unspecified atom stereocenters. The van der Waals surface area contributed by atoms with Crippen LogP contribution in [-0.4, -0.2) is 34.2 Å². The van der Waals surface area contributed by atoms with Gasteiger partial charge in [-0.15, -0.1) is 0 Å². The van der Waals surface area contributed by atoms with Crippen LogP contribution in [0, 0.1) is 5.92 Å². The molecule has 0 saturated heterocycles. The maximum atomic E-state index is 12.7. The topological polar surface area (TPSA) is 78.3 Å². The van der Waals surface area contributed by atoms with Crippen LogP contribution in [0.1, 0.15) is 11.1 Å².